The van der Waals surface area contributed by atoms with Crippen molar-refractivity contribution in [3.8, 4) is 5.88 Å². The van der Waals surface area contributed by atoms with Crippen LogP contribution in [0.25, 0.3) is 0 Å². The molecule has 0 spiro atoms. The maximum Gasteiger partial charge on any atom is 0.330 e. The van der Waals surface area contributed by atoms with Gasteiger partial charge in [-0.05, 0) is 25.3 Å². The smallest absolute Gasteiger partial charge is 0.330 e. The molecular weight excluding hydrogens is 236 g/mol. The highest BCUT2D eigenvalue weighted by atomic mass is 16.6. The average Bonchev–Trinajstić information content (AvgIpc) is 2.39. The Kier molecular flexibility index (Phi) is 4.09. The molecule has 0 N–H and O–H groups in total. The molecule has 98 valence electrons. The van der Waals surface area contributed by atoms with Gasteiger partial charge >= 0.3 is 5.69 Å². The number of methoxy groups -OCH3 is 1. The summed E-state index contributed by atoms with van der Waals surface area (Å²) in [5, 5.41) is 10.8. The largest absolute Gasteiger partial charge is 0.469 e. The van der Waals surface area contributed by atoms with Crippen LogP contribution in [0.15, 0.2) is 18.3 Å². The van der Waals surface area contributed by atoms with E-state index < -0.39 is 4.92 Å². The van der Waals surface area contributed by atoms with E-state index in [-0.39, 0.29) is 23.8 Å². The second kappa shape index (κ2) is 5.77. The van der Waals surface area contributed by atoms with Gasteiger partial charge in [0.15, 0.2) is 0 Å². The Bertz CT molecular complexity index is 424. The molecular formula is C12H16N2O4. The number of pyridine rings is 1. The van der Waals surface area contributed by atoms with Gasteiger partial charge in [0.2, 0.25) is 0 Å². The van der Waals surface area contributed by atoms with Gasteiger partial charge in [-0.25, -0.2) is 4.98 Å². The molecule has 6 nitrogen and oxygen atoms in total. The van der Waals surface area contributed by atoms with E-state index in [0.29, 0.717) is 0 Å². The van der Waals surface area contributed by atoms with E-state index in [1.54, 1.807) is 7.11 Å². The first-order chi connectivity index (χ1) is 8.70. The van der Waals surface area contributed by atoms with Crippen molar-refractivity contribution in [1.29, 1.82) is 0 Å². The van der Waals surface area contributed by atoms with Gasteiger partial charge in [-0.2, -0.15) is 0 Å². The molecule has 2 atom stereocenters. The normalized spacial score (nSPS) is 23.6. The number of nitro groups is 1. The van der Waals surface area contributed by atoms with Crippen LogP contribution in [0.5, 0.6) is 5.88 Å². The summed E-state index contributed by atoms with van der Waals surface area (Å²) in [4.78, 5) is 14.3. The van der Waals surface area contributed by atoms with Gasteiger partial charge in [0.05, 0.1) is 11.0 Å². The first kappa shape index (κ1) is 12.8. The monoisotopic (exact) mass is 252 g/mol. The van der Waals surface area contributed by atoms with Crippen molar-refractivity contribution in [3.63, 3.8) is 0 Å². The fourth-order valence-corrected chi connectivity index (χ4v) is 2.19. The Morgan fingerprint density at radius 1 is 1.44 bits per heavy atom. The summed E-state index contributed by atoms with van der Waals surface area (Å²) >= 11 is 0. The lowest BCUT2D eigenvalue weighted by molar-refractivity contribution is -0.386. The topological polar surface area (TPSA) is 74.5 Å². The predicted octanol–water partition coefficient (Wildman–Crippen LogP) is 2.33. The predicted molar refractivity (Wildman–Crippen MR) is 64.6 cm³/mol. The maximum atomic E-state index is 10.8. The molecule has 1 aliphatic rings. The third-order valence-corrected chi connectivity index (χ3v) is 3.14. The summed E-state index contributed by atoms with van der Waals surface area (Å²) in [6.07, 6.45) is 5.27. The summed E-state index contributed by atoms with van der Waals surface area (Å²) in [6.45, 7) is 0. The Labute approximate surface area is 105 Å². The van der Waals surface area contributed by atoms with Crippen LogP contribution in [-0.4, -0.2) is 29.2 Å². The highest BCUT2D eigenvalue weighted by Gasteiger charge is 2.26. The second-order valence-electron chi connectivity index (χ2n) is 4.35. The number of ether oxygens (including phenoxy) is 2. The molecule has 0 amide bonds. The highest BCUT2D eigenvalue weighted by Crippen LogP contribution is 2.29. The molecule has 2 rings (SSSR count). The number of hydrogen-bond acceptors (Lipinski definition) is 5. The number of aromatic nitrogens is 1. The lowest BCUT2D eigenvalue weighted by Gasteiger charge is -2.28. The zero-order valence-corrected chi connectivity index (χ0v) is 10.2. The number of nitrogens with zero attached hydrogens (tertiary/aromatic N) is 2. The molecule has 0 radical (unpaired) electrons. The Hall–Kier alpha value is -1.69. The van der Waals surface area contributed by atoms with Gasteiger partial charge in [0.1, 0.15) is 6.10 Å². The second-order valence-corrected chi connectivity index (χ2v) is 4.35. The molecule has 0 saturated heterocycles. The average molecular weight is 252 g/mol. The third kappa shape index (κ3) is 2.95. The summed E-state index contributed by atoms with van der Waals surface area (Å²) < 4.78 is 10.9. The zero-order chi connectivity index (χ0) is 13.0. The third-order valence-electron chi connectivity index (χ3n) is 3.14. The van der Waals surface area contributed by atoms with Crippen LogP contribution in [0, 0.1) is 10.1 Å². The van der Waals surface area contributed by atoms with Gasteiger partial charge in [0, 0.05) is 25.8 Å². The van der Waals surface area contributed by atoms with Crippen molar-refractivity contribution in [3.05, 3.63) is 28.4 Å². The Balaban J connectivity index is 2.07. The highest BCUT2D eigenvalue weighted by molar-refractivity contribution is 5.39. The molecule has 6 heteroatoms. The number of hydrogen-bond donors (Lipinski definition) is 0. The van der Waals surface area contributed by atoms with E-state index in [1.807, 2.05) is 0 Å². The lowest BCUT2D eigenvalue weighted by atomic mass is 9.95. The quantitative estimate of drug-likeness (QED) is 0.607. The zero-order valence-electron chi connectivity index (χ0n) is 10.2. The summed E-state index contributed by atoms with van der Waals surface area (Å²) in [6, 6.07) is 2.93. The van der Waals surface area contributed by atoms with Crippen LogP contribution >= 0.6 is 0 Å². The lowest BCUT2D eigenvalue weighted by Crippen LogP contribution is -2.29. The standard InChI is InChI=1S/C12H16N2O4/c1-17-9-4-2-5-10(8-9)18-12-11(14(15)16)6-3-7-13-12/h3,6-7,9-10H,2,4-5,8H2,1H3/t9-,10+/m1/s1. The van der Waals surface area contributed by atoms with Crippen LogP contribution in [0.4, 0.5) is 5.69 Å². The van der Waals surface area contributed by atoms with Gasteiger partial charge in [0.25, 0.3) is 5.88 Å². The van der Waals surface area contributed by atoms with Crippen LogP contribution < -0.4 is 4.74 Å². The van der Waals surface area contributed by atoms with Crippen molar-refractivity contribution >= 4 is 5.69 Å². The van der Waals surface area contributed by atoms with Gasteiger partial charge < -0.3 is 9.47 Å². The van der Waals surface area contributed by atoms with E-state index in [2.05, 4.69) is 4.98 Å². The maximum absolute atomic E-state index is 10.8. The van der Waals surface area contributed by atoms with Gasteiger partial charge in [-0.3, -0.25) is 10.1 Å². The first-order valence-electron chi connectivity index (χ1n) is 5.99. The Morgan fingerprint density at radius 2 is 2.22 bits per heavy atom. The van der Waals surface area contributed by atoms with Crippen LogP contribution in [0.1, 0.15) is 25.7 Å². The van der Waals surface area contributed by atoms with Gasteiger partial charge in [-0.1, -0.05) is 0 Å². The first-order valence-corrected chi connectivity index (χ1v) is 5.99. The van der Waals surface area contributed by atoms with Crippen LogP contribution in [0.3, 0.4) is 0 Å². The SMILES string of the molecule is CO[C@@H]1CCC[C@H](Oc2ncccc2[N+](=O)[O-])C1. The van der Waals surface area contributed by atoms with Crippen molar-refractivity contribution in [2.75, 3.05) is 7.11 Å². The van der Waals surface area contributed by atoms with E-state index in [4.69, 9.17) is 9.47 Å². The molecule has 1 aromatic heterocycles. The van der Waals surface area contributed by atoms with E-state index >= 15 is 0 Å². The molecule has 1 heterocycles. The van der Waals surface area contributed by atoms with Crippen molar-refractivity contribution in [2.24, 2.45) is 0 Å². The molecule has 0 unspecified atom stereocenters. The summed E-state index contributed by atoms with van der Waals surface area (Å²) in [5.74, 6) is 0.101. The Morgan fingerprint density at radius 3 is 2.94 bits per heavy atom. The molecule has 1 aromatic rings. The van der Waals surface area contributed by atoms with Crippen molar-refractivity contribution in [2.45, 2.75) is 37.9 Å². The van der Waals surface area contributed by atoms with Crippen molar-refractivity contribution < 1.29 is 14.4 Å². The molecule has 0 aromatic carbocycles. The molecule has 1 fully saturated rings. The minimum absolute atomic E-state index is 0.0581. The van der Waals surface area contributed by atoms with E-state index in [0.717, 1.165) is 25.7 Å². The molecule has 1 aliphatic carbocycles. The summed E-state index contributed by atoms with van der Waals surface area (Å²) in [5.41, 5.74) is -0.0861. The van der Waals surface area contributed by atoms with E-state index in [9.17, 15) is 10.1 Å². The van der Waals surface area contributed by atoms with Crippen LogP contribution in [-0.2, 0) is 4.74 Å². The molecule has 0 bridgehead atoms. The molecule has 1 saturated carbocycles. The fraction of sp³-hybridized carbons (Fsp3) is 0.583. The van der Waals surface area contributed by atoms with Crippen molar-refractivity contribution in [1.82, 2.24) is 4.98 Å². The molecule has 18 heavy (non-hydrogen) atoms. The number of rotatable bonds is 4. The van der Waals surface area contributed by atoms with Crippen LogP contribution in [0.2, 0.25) is 0 Å². The summed E-state index contributed by atoms with van der Waals surface area (Å²) in [7, 11) is 1.68. The fourth-order valence-electron chi connectivity index (χ4n) is 2.19. The minimum atomic E-state index is -0.473. The molecule has 0 aliphatic heterocycles. The minimum Gasteiger partial charge on any atom is -0.469 e. The van der Waals surface area contributed by atoms with Gasteiger partial charge in [-0.15, -0.1) is 0 Å². The van der Waals surface area contributed by atoms with E-state index in [1.165, 1.54) is 18.3 Å².